The molecule has 0 aliphatic rings. The lowest BCUT2D eigenvalue weighted by atomic mass is 10.0. The van der Waals surface area contributed by atoms with E-state index in [-0.39, 0.29) is 6.42 Å². The SMILES string of the molecule is NC(CC(=O)O)c1ccc2c(Cl)c[nH]c2c1. The number of H-pyrrole nitrogens is 1. The van der Waals surface area contributed by atoms with Gasteiger partial charge in [-0.15, -0.1) is 0 Å². The average Bonchev–Trinajstić information content (AvgIpc) is 2.59. The molecule has 1 atom stereocenters. The van der Waals surface area contributed by atoms with Crippen LogP contribution in [0.4, 0.5) is 0 Å². The molecule has 1 unspecified atom stereocenters. The third-order valence-corrected chi connectivity index (χ3v) is 2.79. The van der Waals surface area contributed by atoms with Gasteiger partial charge in [0.15, 0.2) is 0 Å². The van der Waals surface area contributed by atoms with Gasteiger partial charge in [-0.2, -0.15) is 0 Å². The fourth-order valence-corrected chi connectivity index (χ4v) is 1.86. The largest absolute Gasteiger partial charge is 0.481 e. The minimum atomic E-state index is -0.905. The van der Waals surface area contributed by atoms with E-state index in [1.165, 1.54) is 0 Å². The fourth-order valence-electron chi connectivity index (χ4n) is 1.65. The van der Waals surface area contributed by atoms with Crippen molar-refractivity contribution < 1.29 is 9.90 Å². The standard InChI is InChI=1S/C11H11ClN2O2/c12-8-5-14-10-3-6(1-2-7(8)10)9(13)4-11(15)16/h1-3,5,9,14H,4,13H2,(H,15,16). The maximum atomic E-state index is 10.5. The van der Waals surface area contributed by atoms with Gasteiger partial charge in [0.2, 0.25) is 0 Å². The van der Waals surface area contributed by atoms with Gasteiger partial charge in [-0.1, -0.05) is 23.7 Å². The molecule has 1 aromatic carbocycles. The highest BCUT2D eigenvalue weighted by Crippen LogP contribution is 2.26. The van der Waals surface area contributed by atoms with Gasteiger partial charge >= 0.3 is 5.97 Å². The van der Waals surface area contributed by atoms with Crippen molar-refractivity contribution in [3.05, 3.63) is 35.0 Å². The highest BCUT2D eigenvalue weighted by molar-refractivity contribution is 6.35. The first-order chi connectivity index (χ1) is 7.58. The van der Waals surface area contributed by atoms with E-state index in [0.29, 0.717) is 5.02 Å². The van der Waals surface area contributed by atoms with Gasteiger partial charge in [-0.25, -0.2) is 0 Å². The summed E-state index contributed by atoms with van der Waals surface area (Å²) in [7, 11) is 0. The summed E-state index contributed by atoms with van der Waals surface area (Å²) in [6, 6.07) is 4.97. The van der Waals surface area contributed by atoms with Crippen LogP contribution < -0.4 is 5.73 Å². The Bertz CT molecular complexity index is 536. The molecule has 1 aromatic heterocycles. The van der Waals surface area contributed by atoms with Crippen molar-refractivity contribution >= 4 is 28.5 Å². The molecule has 4 nitrogen and oxygen atoms in total. The van der Waals surface area contributed by atoms with Gasteiger partial charge in [0.25, 0.3) is 0 Å². The highest BCUT2D eigenvalue weighted by Gasteiger charge is 2.11. The molecule has 0 aliphatic heterocycles. The molecular weight excluding hydrogens is 228 g/mol. The first kappa shape index (κ1) is 11.0. The maximum Gasteiger partial charge on any atom is 0.305 e. The van der Waals surface area contributed by atoms with Crippen molar-refractivity contribution in [1.29, 1.82) is 0 Å². The first-order valence-electron chi connectivity index (χ1n) is 4.82. The molecule has 0 radical (unpaired) electrons. The predicted molar refractivity (Wildman–Crippen MR) is 62.5 cm³/mol. The Morgan fingerprint density at radius 2 is 2.31 bits per heavy atom. The summed E-state index contributed by atoms with van der Waals surface area (Å²) >= 11 is 5.93. The van der Waals surface area contributed by atoms with E-state index in [0.717, 1.165) is 16.5 Å². The smallest absolute Gasteiger partial charge is 0.305 e. The minimum Gasteiger partial charge on any atom is -0.481 e. The molecule has 1 heterocycles. The van der Waals surface area contributed by atoms with Gasteiger partial charge in [-0.05, 0) is 11.6 Å². The zero-order valence-corrected chi connectivity index (χ0v) is 9.16. The van der Waals surface area contributed by atoms with Crippen LogP contribution in [0.15, 0.2) is 24.4 Å². The van der Waals surface area contributed by atoms with Crippen molar-refractivity contribution in [3.8, 4) is 0 Å². The molecule has 0 aliphatic carbocycles. The van der Waals surface area contributed by atoms with Crippen LogP contribution in [0.3, 0.4) is 0 Å². The van der Waals surface area contributed by atoms with Crippen molar-refractivity contribution in [2.24, 2.45) is 5.73 Å². The van der Waals surface area contributed by atoms with Crippen LogP contribution in [0.25, 0.3) is 10.9 Å². The number of nitrogens with two attached hydrogens (primary N) is 1. The summed E-state index contributed by atoms with van der Waals surface area (Å²) in [5.74, 6) is -0.905. The molecule has 2 aromatic rings. The summed E-state index contributed by atoms with van der Waals surface area (Å²) < 4.78 is 0. The minimum absolute atomic E-state index is 0.0834. The molecule has 0 amide bonds. The number of nitrogens with one attached hydrogen (secondary N) is 1. The zero-order valence-electron chi connectivity index (χ0n) is 8.40. The van der Waals surface area contributed by atoms with Gasteiger partial charge < -0.3 is 15.8 Å². The van der Waals surface area contributed by atoms with Crippen LogP contribution in [-0.2, 0) is 4.79 Å². The lowest BCUT2D eigenvalue weighted by molar-refractivity contribution is -0.137. The monoisotopic (exact) mass is 238 g/mol. The lowest BCUT2D eigenvalue weighted by Crippen LogP contribution is -2.14. The third-order valence-electron chi connectivity index (χ3n) is 2.48. The molecule has 2 rings (SSSR count). The number of carboxylic acid groups (broad SMARTS) is 1. The number of benzene rings is 1. The van der Waals surface area contributed by atoms with E-state index < -0.39 is 12.0 Å². The van der Waals surface area contributed by atoms with Gasteiger partial charge in [0.1, 0.15) is 0 Å². The number of aromatic nitrogens is 1. The topological polar surface area (TPSA) is 79.1 Å². The van der Waals surface area contributed by atoms with E-state index >= 15 is 0 Å². The number of carbonyl (C=O) groups is 1. The molecule has 0 fully saturated rings. The molecule has 0 saturated heterocycles. The van der Waals surface area contributed by atoms with Crippen LogP contribution in [0, 0.1) is 0 Å². The number of carboxylic acids is 1. The molecule has 4 N–H and O–H groups in total. The summed E-state index contributed by atoms with van der Waals surface area (Å²) in [6.07, 6.45) is 1.61. The lowest BCUT2D eigenvalue weighted by Gasteiger charge is -2.09. The number of hydrogen-bond donors (Lipinski definition) is 3. The maximum absolute atomic E-state index is 10.5. The number of halogens is 1. The third kappa shape index (κ3) is 2.03. The number of aromatic amines is 1. The van der Waals surface area contributed by atoms with E-state index in [2.05, 4.69) is 4.98 Å². The quantitative estimate of drug-likeness (QED) is 0.768. The molecule has 84 valence electrons. The molecule has 16 heavy (non-hydrogen) atoms. The Morgan fingerprint density at radius 1 is 1.56 bits per heavy atom. The van der Waals surface area contributed by atoms with Crippen molar-refractivity contribution in [2.45, 2.75) is 12.5 Å². The molecule has 0 saturated carbocycles. The molecular formula is C11H11ClN2O2. The van der Waals surface area contributed by atoms with E-state index in [1.54, 1.807) is 12.3 Å². The molecule has 0 spiro atoms. The fraction of sp³-hybridized carbons (Fsp3) is 0.182. The van der Waals surface area contributed by atoms with Gasteiger partial charge in [0.05, 0.1) is 11.4 Å². The zero-order chi connectivity index (χ0) is 11.7. The Kier molecular flexibility index (Phi) is 2.85. The normalized spacial score (nSPS) is 12.9. The summed E-state index contributed by atoms with van der Waals surface area (Å²) in [4.78, 5) is 13.5. The Balaban J connectivity index is 2.35. The average molecular weight is 239 g/mol. The summed E-state index contributed by atoms with van der Waals surface area (Å²) in [6.45, 7) is 0. The second-order valence-electron chi connectivity index (χ2n) is 3.65. The number of hydrogen-bond acceptors (Lipinski definition) is 2. The van der Waals surface area contributed by atoms with E-state index in [1.807, 2.05) is 12.1 Å². The van der Waals surface area contributed by atoms with Crippen molar-refractivity contribution in [2.75, 3.05) is 0 Å². The van der Waals surface area contributed by atoms with E-state index in [9.17, 15) is 4.79 Å². The molecule has 5 heteroatoms. The van der Waals surface area contributed by atoms with Crippen molar-refractivity contribution in [3.63, 3.8) is 0 Å². The van der Waals surface area contributed by atoms with Crippen molar-refractivity contribution in [1.82, 2.24) is 4.98 Å². The first-order valence-corrected chi connectivity index (χ1v) is 5.19. The Morgan fingerprint density at radius 3 is 3.00 bits per heavy atom. The van der Waals surface area contributed by atoms with Gasteiger partial charge in [-0.3, -0.25) is 4.79 Å². The number of aliphatic carboxylic acids is 1. The molecule has 0 bridgehead atoms. The summed E-state index contributed by atoms with van der Waals surface area (Å²) in [5, 5.41) is 10.2. The van der Waals surface area contributed by atoms with Crippen LogP contribution in [0.2, 0.25) is 5.02 Å². The summed E-state index contributed by atoms with van der Waals surface area (Å²) in [5.41, 5.74) is 7.42. The second kappa shape index (κ2) is 4.15. The van der Waals surface area contributed by atoms with Crippen LogP contribution in [0.5, 0.6) is 0 Å². The Hall–Kier alpha value is -1.52. The van der Waals surface area contributed by atoms with Crippen LogP contribution >= 0.6 is 11.6 Å². The van der Waals surface area contributed by atoms with E-state index in [4.69, 9.17) is 22.4 Å². The van der Waals surface area contributed by atoms with Crippen LogP contribution in [0.1, 0.15) is 18.0 Å². The second-order valence-corrected chi connectivity index (χ2v) is 4.05. The number of fused-ring (bicyclic) bond motifs is 1. The van der Waals surface area contributed by atoms with Crippen LogP contribution in [-0.4, -0.2) is 16.1 Å². The number of rotatable bonds is 3. The van der Waals surface area contributed by atoms with Gasteiger partial charge in [0, 0.05) is 23.1 Å². The Labute approximate surface area is 97.0 Å². The highest BCUT2D eigenvalue weighted by atomic mass is 35.5. The predicted octanol–water partition coefficient (Wildman–Crippen LogP) is 2.30.